The maximum absolute atomic E-state index is 12.0. The fraction of sp³-hybridized carbons (Fsp3) is 0.350. The van der Waals surface area contributed by atoms with Crippen LogP contribution in [-0.4, -0.2) is 34.3 Å². The number of benzene rings is 1. The lowest BCUT2D eigenvalue weighted by atomic mass is 10.2. The molecule has 1 atom stereocenters. The molecule has 1 aromatic carbocycles. The van der Waals surface area contributed by atoms with Crippen LogP contribution in [0.2, 0.25) is 5.15 Å². The summed E-state index contributed by atoms with van der Waals surface area (Å²) >= 11 is 6.41. The molecule has 1 aromatic heterocycles. The van der Waals surface area contributed by atoms with Crippen LogP contribution in [0.3, 0.4) is 0 Å². The number of carbonyl (C=O) groups excluding carboxylic acids is 2. The highest BCUT2D eigenvalue weighted by atomic mass is 35.5. The van der Waals surface area contributed by atoms with Crippen molar-refractivity contribution in [3.63, 3.8) is 0 Å². The number of carbonyl (C=O) groups is 2. The van der Waals surface area contributed by atoms with E-state index in [1.54, 1.807) is 10.8 Å². The summed E-state index contributed by atoms with van der Waals surface area (Å²) in [7, 11) is 0. The molecule has 1 N–H and O–H groups in total. The normalized spacial score (nSPS) is 12.1. The van der Waals surface area contributed by atoms with E-state index in [9.17, 15) is 9.59 Å². The van der Waals surface area contributed by atoms with Gasteiger partial charge in [0.25, 0.3) is 5.91 Å². The zero-order chi connectivity index (χ0) is 19.8. The summed E-state index contributed by atoms with van der Waals surface area (Å²) in [5.41, 5.74) is 2.42. The lowest BCUT2D eigenvalue weighted by Crippen LogP contribution is -2.35. The number of hydrogen-bond donors (Lipinski definition) is 1. The van der Waals surface area contributed by atoms with E-state index in [1.807, 2.05) is 44.2 Å². The zero-order valence-electron chi connectivity index (χ0n) is 15.7. The Kier molecular flexibility index (Phi) is 7.61. The molecule has 0 aliphatic rings. The Bertz CT molecular complexity index is 815. The van der Waals surface area contributed by atoms with Gasteiger partial charge in [0, 0.05) is 18.2 Å². The number of aryl methyl sites for hydroxylation is 1. The molecule has 0 saturated heterocycles. The number of ether oxygens (including phenoxy) is 1. The van der Waals surface area contributed by atoms with Crippen molar-refractivity contribution in [2.45, 2.75) is 39.8 Å². The molecule has 2 rings (SSSR count). The van der Waals surface area contributed by atoms with Gasteiger partial charge in [-0.3, -0.25) is 4.79 Å². The predicted molar refractivity (Wildman–Crippen MR) is 105 cm³/mol. The van der Waals surface area contributed by atoms with Crippen LogP contribution < -0.4 is 5.32 Å². The van der Waals surface area contributed by atoms with Crippen molar-refractivity contribution in [1.82, 2.24) is 15.1 Å². The summed E-state index contributed by atoms with van der Waals surface area (Å²) in [6.07, 6.45) is 2.78. The van der Waals surface area contributed by atoms with Crippen LogP contribution in [0.25, 0.3) is 6.08 Å². The van der Waals surface area contributed by atoms with Crippen molar-refractivity contribution in [1.29, 1.82) is 0 Å². The number of hydrogen-bond acceptors (Lipinski definition) is 4. The standard InChI is InChI=1S/C20H24ClN3O3/c1-4-12-22-20(26)15(3)27-18(25)11-10-17-14(2)23-24(19(17)21)13-16-8-6-5-7-9-16/h5-11,15H,4,12-13H2,1-3H3,(H,22,26)/b11-10+/t15-/m1/s1. The van der Waals surface area contributed by atoms with Crippen LogP contribution >= 0.6 is 11.6 Å². The molecule has 0 fully saturated rings. The van der Waals surface area contributed by atoms with Crippen LogP contribution in [0, 0.1) is 6.92 Å². The first-order valence-corrected chi connectivity index (χ1v) is 9.23. The first kappa shape index (κ1) is 20.7. The summed E-state index contributed by atoms with van der Waals surface area (Å²) in [5.74, 6) is -0.927. The van der Waals surface area contributed by atoms with Gasteiger partial charge in [-0.2, -0.15) is 5.10 Å². The Balaban J connectivity index is 2.02. The van der Waals surface area contributed by atoms with Gasteiger partial charge in [0.05, 0.1) is 12.2 Å². The number of nitrogens with one attached hydrogen (secondary N) is 1. The predicted octanol–water partition coefficient (Wildman–Crippen LogP) is 3.36. The quantitative estimate of drug-likeness (QED) is 0.555. The third kappa shape index (κ3) is 5.96. The molecule has 0 saturated carbocycles. The van der Waals surface area contributed by atoms with Gasteiger partial charge in [-0.15, -0.1) is 0 Å². The summed E-state index contributed by atoms with van der Waals surface area (Å²) in [5, 5.41) is 7.54. The van der Waals surface area contributed by atoms with E-state index in [-0.39, 0.29) is 5.91 Å². The first-order chi connectivity index (χ1) is 12.9. The molecule has 0 aliphatic heterocycles. The highest BCUT2D eigenvalue weighted by Gasteiger charge is 2.16. The molecule has 0 aliphatic carbocycles. The summed E-state index contributed by atoms with van der Waals surface area (Å²) in [6.45, 7) is 6.38. The van der Waals surface area contributed by atoms with E-state index < -0.39 is 12.1 Å². The molecule has 0 unspecified atom stereocenters. The van der Waals surface area contributed by atoms with E-state index in [0.29, 0.717) is 29.5 Å². The first-order valence-electron chi connectivity index (χ1n) is 8.85. The second-order valence-electron chi connectivity index (χ2n) is 6.14. The number of nitrogens with zero attached hydrogens (tertiary/aromatic N) is 2. The molecule has 27 heavy (non-hydrogen) atoms. The monoisotopic (exact) mass is 389 g/mol. The largest absolute Gasteiger partial charge is 0.449 e. The second-order valence-corrected chi connectivity index (χ2v) is 6.49. The molecule has 1 heterocycles. The Hall–Kier alpha value is -2.60. The smallest absolute Gasteiger partial charge is 0.331 e. The van der Waals surface area contributed by atoms with E-state index in [0.717, 1.165) is 12.0 Å². The van der Waals surface area contributed by atoms with Gasteiger partial charge in [-0.25, -0.2) is 9.48 Å². The Labute approximate surface area is 164 Å². The number of halogens is 1. The molecular formula is C20H24ClN3O3. The van der Waals surface area contributed by atoms with E-state index in [4.69, 9.17) is 16.3 Å². The SMILES string of the molecule is CCCNC(=O)[C@@H](C)OC(=O)/C=C/c1c(C)nn(Cc2ccccc2)c1Cl. The lowest BCUT2D eigenvalue weighted by Gasteiger charge is -2.11. The van der Waals surface area contributed by atoms with Crippen molar-refractivity contribution < 1.29 is 14.3 Å². The summed E-state index contributed by atoms with van der Waals surface area (Å²) < 4.78 is 6.78. The summed E-state index contributed by atoms with van der Waals surface area (Å²) in [4.78, 5) is 23.7. The van der Waals surface area contributed by atoms with Crippen molar-refractivity contribution in [2.75, 3.05) is 6.54 Å². The molecule has 1 amide bonds. The maximum atomic E-state index is 12.0. The third-order valence-electron chi connectivity index (χ3n) is 3.88. The van der Waals surface area contributed by atoms with Crippen LogP contribution in [0.5, 0.6) is 0 Å². The van der Waals surface area contributed by atoms with Crippen LogP contribution in [0.1, 0.15) is 37.1 Å². The third-order valence-corrected chi connectivity index (χ3v) is 4.28. The number of esters is 1. The van der Waals surface area contributed by atoms with Gasteiger partial charge in [0.15, 0.2) is 6.10 Å². The van der Waals surface area contributed by atoms with Gasteiger partial charge in [0.2, 0.25) is 0 Å². The van der Waals surface area contributed by atoms with Crippen molar-refractivity contribution in [3.8, 4) is 0 Å². The lowest BCUT2D eigenvalue weighted by molar-refractivity contribution is -0.150. The number of aromatic nitrogens is 2. The van der Waals surface area contributed by atoms with Crippen LogP contribution in [0.4, 0.5) is 0 Å². The summed E-state index contributed by atoms with van der Waals surface area (Å²) in [6, 6.07) is 9.83. The molecule has 0 bridgehead atoms. The van der Waals surface area contributed by atoms with Crippen LogP contribution in [0.15, 0.2) is 36.4 Å². The van der Waals surface area contributed by atoms with Gasteiger partial charge >= 0.3 is 5.97 Å². The van der Waals surface area contributed by atoms with Gasteiger partial charge in [0.1, 0.15) is 5.15 Å². The number of amides is 1. The maximum Gasteiger partial charge on any atom is 0.331 e. The number of rotatable bonds is 8. The minimum Gasteiger partial charge on any atom is -0.449 e. The van der Waals surface area contributed by atoms with E-state index >= 15 is 0 Å². The second kappa shape index (κ2) is 9.92. The molecule has 0 radical (unpaired) electrons. The van der Waals surface area contributed by atoms with Crippen molar-refractivity contribution in [2.24, 2.45) is 0 Å². The van der Waals surface area contributed by atoms with E-state index in [2.05, 4.69) is 10.4 Å². The van der Waals surface area contributed by atoms with Crippen molar-refractivity contribution in [3.05, 3.63) is 58.4 Å². The molecule has 144 valence electrons. The van der Waals surface area contributed by atoms with E-state index in [1.165, 1.54) is 13.0 Å². The average molecular weight is 390 g/mol. The van der Waals surface area contributed by atoms with Gasteiger partial charge in [-0.05, 0) is 31.9 Å². The average Bonchev–Trinajstić information content (AvgIpc) is 2.91. The Morgan fingerprint density at radius 2 is 2.04 bits per heavy atom. The fourth-order valence-corrected chi connectivity index (χ4v) is 2.73. The Morgan fingerprint density at radius 1 is 1.33 bits per heavy atom. The molecular weight excluding hydrogens is 366 g/mol. The Morgan fingerprint density at radius 3 is 2.70 bits per heavy atom. The molecule has 2 aromatic rings. The molecule has 0 spiro atoms. The highest BCUT2D eigenvalue weighted by Crippen LogP contribution is 2.22. The molecule has 7 heteroatoms. The highest BCUT2D eigenvalue weighted by molar-refractivity contribution is 6.31. The minimum absolute atomic E-state index is 0.316. The van der Waals surface area contributed by atoms with Gasteiger partial charge in [-0.1, -0.05) is 48.9 Å². The minimum atomic E-state index is -0.855. The topological polar surface area (TPSA) is 73.2 Å². The van der Waals surface area contributed by atoms with Gasteiger partial charge < -0.3 is 10.1 Å². The zero-order valence-corrected chi connectivity index (χ0v) is 16.5. The van der Waals surface area contributed by atoms with Crippen molar-refractivity contribution >= 4 is 29.6 Å². The fourth-order valence-electron chi connectivity index (χ4n) is 2.43. The van der Waals surface area contributed by atoms with Crippen LogP contribution in [-0.2, 0) is 20.9 Å². The molecule has 6 nitrogen and oxygen atoms in total.